The van der Waals surface area contributed by atoms with Crippen molar-refractivity contribution in [2.24, 2.45) is 0 Å². The van der Waals surface area contributed by atoms with E-state index in [-0.39, 0.29) is 24.5 Å². The Kier molecular flexibility index (Phi) is 6.05. The molecule has 1 unspecified atom stereocenters. The number of nitrogens with zero attached hydrogens (tertiary/aromatic N) is 2. The average Bonchev–Trinajstić information content (AvgIpc) is 3.46. The lowest BCUT2D eigenvalue weighted by Crippen LogP contribution is -2.34. The van der Waals surface area contributed by atoms with Crippen molar-refractivity contribution in [3.05, 3.63) is 41.1 Å². The minimum Gasteiger partial charge on any atom is -0.497 e. The molecule has 154 valence electrons. The number of benzene rings is 1. The Morgan fingerprint density at radius 1 is 1.38 bits per heavy atom. The van der Waals surface area contributed by atoms with Crippen LogP contribution in [-0.2, 0) is 27.6 Å². The number of thioether (sulfide) groups is 1. The van der Waals surface area contributed by atoms with Gasteiger partial charge in [0.1, 0.15) is 18.1 Å². The van der Waals surface area contributed by atoms with Gasteiger partial charge in [0.15, 0.2) is 0 Å². The molecule has 1 aromatic carbocycles. The second kappa shape index (κ2) is 8.87. The van der Waals surface area contributed by atoms with Crippen LogP contribution in [-0.4, -0.2) is 48.0 Å². The third-order valence-electron chi connectivity index (χ3n) is 5.03. The number of hydrogen-bond donors (Lipinski definition) is 2. The summed E-state index contributed by atoms with van der Waals surface area (Å²) in [5.74, 6) is 2.34. The predicted octanol–water partition coefficient (Wildman–Crippen LogP) is 2.19. The van der Waals surface area contributed by atoms with Gasteiger partial charge in [0, 0.05) is 35.8 Å². The molecule has 0 aliphatic carbocycles. The molecule has 0 radical (unpaired) electrons. The first-order valence-corrected chi connectivity index (χ1v) is 10.8. The maximum atomic E-state index is 12.8. The number of carbonyl (C=O) groups excluding carboxylic acids is 2. The summed E-state index contributed by atoms with van der Waals surface area (Å²) in [5, 5.41) is 10.4. The molecule has 2 aliphatic heterocycles. The normalized spacial score (nSPS) is 17.8. The van der Waals surface area contributed by atoms with Gasteiger partial charge in [0.25, 0.3) is 5.91 Å². The summed E-state index contributed by atoms with van der Waals surface area (Å²) >= 11 is 1.74. The number of nitrogens with one attached hydrogen (secondary N) is 2. The average molecular weight is 417 g/mol. The Hall–Kier alpha value is -2.52. The van der Waals surface area contributed by atoms with E-state index in [9.17, 15) is 9.59 Å². The fourth-order valence-electron chi connectivity index (χ4n) is 3.49. The molecule has 2 amide bonds. The molecule has 2 N–H and O–H groups in total. The first-order chi connectivity index (χ1) is 14.1. The maximum absolute atomic E-state index is 12.8. The van der Waals surface area contributed by atoms with E-state index in [0.717, 1.165) is 42.2 Å². The van der Waals surface area contributed by atoms with Gasteiger partial charge < -0.3 is 20.1 Å². The van der Waals surface area contributed by atoms with Gasteiger partial charge in [0.2, 0.25) is 5.91 Å². The van der Waals surface area contributed by atoms with Crippen LogP contribution in [0, 0.1) is 0 Å². The van der Waals surface area contributed by atoms with Crippen molar-refractivity contribution in [1.29, 1.82) is 0 Å². The molecule has 4 rings (SSSR count). The Morgan fingerprint density at radius 2 is 2.28 bits per heavy atom. The van der Waals surface area contributed by atoms with Crippen molar-refractivity contribution < 1.29 is 19.1 Å². The monoisotopic (exact) mass is 416 g/mol. The molecule has 1 saturated heterocycles. The number of aromatic nitrogens is 2. The van der Waals surface area contributed by atoms with Gasteiger partial charge in [-0.3, -0.25) is 9.59 Å². The molecule has 0 spiro atoms. The second-order valence-electron chi connectivity index (χ2n) is 7.05. The molecule has 3 heterocycles. The Labute approximate surface area is 173 Å². The molecule has 2 aliphatic rings. The number of hydrogen-bond acceptors (Lipinski definition) is 6. The summed E-state index contributed by atoms with van der Waals surface area (Å²) in [6.45, 7) is 1.31. The van der Waals surface area contributed by atoms with E-state index < -0.39 is 0 Å². The fourth-order valence-corrected chi connectivity index (χ4v) is 4.52. The van der Waals surface area contributed by atoms with Crippen molar-refractivity contribution >= 4 is 29.4 Å². The smallest absolute Gasteiger partial charge is 0.256 e. The number of methoxy groups -OCH3 is 1. The summed E-state index contributed by atoms with van der Waals surface area (Å²) in [6, 6.07) is 6.96. The lowest BCUT2D eigenvalue weighted by Gasteiger charge is -2.13. The zero-order chi connectivity index (χ0) is 20.2. The third-order valence-corrected chi connectivity index (χ3v) is 6.00. The third kappa shape index (κ3) is 4.56. The van der Waals surface area contributed by atoms with Gasteiger partial charge in [-0.1, -0.05) is 6.07 Å². The molecular weight excluding hydrogens is 392 g/mol. The van der Waals surface area contributed by atoms with E-state index in [0.29, 0.717) is 23.7 Å². The molecule has 9 heteroatoms. The van der Waals surface area contributed by atoms with Crippen LogP contribution < -0.4 is 15.4 Å². The van der Waals surface area contributed by atoms with Gasteiger partial charge >= 0.3 is 0 Å². The molecule has 8 nitrogen and oxygen atoms in total. The van der Waals surface area contributed by atoms with Crippen molar-refractivity contribution in [2.45, 2.75) is 37.0 Å². The number of fused-ring (bicyclic) bond motifs is 1. The Morgan fingerprint density at radius 3 is 3.07 bits per heavy atom. The van der Waals surface area contributed by atoms with Crippen molar-refractivity contribution in [2.75, 3.05) is 25.6 Å². The lowest BCUT2D eigenvalue weighted by molar-refractivity contribution is -0.122. The van der Waals surface area contributed by atoms with Crippen LogP contribution in [0.3, 0.4) is 0 Å². The molecule has 0 bridgehead atoms. The number of carbonyl (C=O) groups is 2. The van der Waals surface area contributed by atoms with E-state index >= 15 is 0 Å². The SMILES string of the molecule is COc1cccc(C(=O)Nc2c3c(nn2CC(=O)NCC2CCCO2)CSC3)c1. The van der Waals surface area contributed by atoms with Gasteiger partial charge in [-0.25, -0.2) is 4.68 Å². The summed E-state index contributed by atoms with van der Waals surface area (Å²) in [5.41, 5.74) is 2.39. The van der Waals surface area contributed by atoms with Crippen LogP contribution >= 0.6 is 11.8 Å². The van der Waals surface area contributed by atoms with Gasteiger partial charge in [0.05, 0.1) is 18.9 Å². The second-order valence-corrected chi connectivity index (χ2v) is 8.04. The highest BCUT2D eigenvalue weighted by Crippen LogP contribution is 2.35. The number of rotatable bonds is 7. The van der Waals surface area contributed by atoms with Crippen LogP contribution in [0.15, 0.2) is 24.3 Å². The van der Waals surface area contributed by atoms with Crippen LogP contribution in [0.1, 0.15) is 34.5 Å². The number of anilines is 1. The minimum atomic E-state index is -0.260. The minimum absolute atomic E-state index is 0.0537. The maximum Gasteiger partial charge on any atom is 0.256 e. The zero-order valence-electron chi connectivity index (χ0n) is 16.3. The quantitative estimate of drug-likeness (QED) is 0.719. The van der Waals surface area contributed by atoms with Crippen LogP contribution in [0.25, 0.3) is 0 Å². The summed E-state index contributed by atoms with van der Waals surface area (Å²) in [4.78, 5) is 25.2. The fraction of sp³-hybridized carbons (Fsp3) is 0.450. The predicted molar refractivity (Wildman–Crippen MR) is 110 cm³/mol. The van der Waals surface area contributed by atoms with Crippen molar-refractivity contribution in [1.82, 2.24) is 15.1 Å². The van der Waals surface area contributed by atoms with Gasteiger partial charge in [-0.05, 0) is 31.0 Å². The summed E-state index contributed by atoms with van der Waals surface area (Å²) in [6.07, 6.45) is 2.09. The van der Waals surface area contributed by atoms with Crippen LogP contribution in [0.2, 0.25) is 0 Å². The number of ether oxygens (including phenoxy) is 2. The highest BCUT2D eigenvalue weighted by molar-refractivity contribution is 7.98. The molecule has 1 aromatic heterocycles. The van der Waals surface area contributed by atoms with Gasteiger partial charge in [-0.2, -0.15) is 16.9 Å². The summed E-state index contributed by atoms with van der Waals surface area (Å²) in [7, 11) is 1.56. The van der Waals surface area contributed by atoms with E-state index in [2.05, 4.69) is 15.7 Å². The molecule has 2 aromatic rings. The molecule has 29 heavy (non-hydrogen) atoms. The number of amides is 2. The standard InChI is InChI=1S/C20H24N4O4S/c1-27-14-5-2-4-13(8-14)20(26)22-19-16-11-29-12-17(16)23-24(19)10-18(25)21-9-15-6-3-7-28-15/h2,4-5,8,15H,3,6-7,9-12H2,1H3,(H,21,25)(H,22,26). The first-order valence-electron chi connectivity index (χ1n) is 9.64. The molecule has 1 fully saturated rings. The Balaban J connectivity index is 1.47. The zero-order valence-corrected chi connectivity index (χ0v) is 17.1. The van der Waals surface area contributed by atoms with Crippen molar-refractivity contribution in [3.8, 4) is 5.75 Å². The van der Waals surface area contributed by atoms with Crippen LogP contribution in [0.5, 0.6) is 5.75 Å². The van der Waals surface area contributed by atoms with E-state index in [1.807, 2.05) is 0 Å². The summed E-state index contributed by atoms with van der Waals surface area (Å²) < 4.78 is 12.3. The molecule has 1 atom stereocenters. The topological polar surface area (TPSA) is 94.5 Å². The van der Waals surface area contributed by atoms with E-state index in [1.54, 1.807) is 47.8 Å². The first kappa shape index (κ1) is 19.8. The lowest BCUT2D eigenvalue weighted by atomic mass is 10.2. The molecule has 0 saturated carbocycles. The highest BCUT2D eigenvalue weighted by Gasteiger charge is 2.25. The highest BCUT2D eigenvalue weighted by atomic mass is 32.2. The van der Waals surface area contributed by atoms with Crippen molar-refractivity contribution in [3.63, 3.8) is 0 Å². The largest absolute Gasteiger partial charge is 0.497 e. The Bertz CT molecular complexity index is 908. The molecular formula is C20H24N4O4S. The van der Waals surface area contributed by atoms with E-state index in [1.165, 1.54) is 0 Å². The van der Waals surface area contributed by atoms with E-state index in [4.69, 9.17) is 9.47 Å². The van der Waals surface area contributed by atoms with Crippen LogP contribution in [0.4, 0.5) is 5.82 Å². The van der Waals surface area contributed by atoms with Gasteiger partial charge in [-0.15, -0.1) is 0 Å².